The Hall–Kier alpha value is -2.12. The Labute approximate surface area is 131 Å². The lowest BCUT2D eigenvalue weighted by Crippen LogP contribution is -2.33. The van der Waals surface area contributed by atoms with Gasteiger partial charge in [-0.1, -0.05) is 0 Å². The molecule has 6 nitrogen and oxygen atoms in total. The van der Waals surface area contributed by atoms with Crippen LogP contribution in [0.5, 0.6) is 11.5 Å². The highest BCUT2D eigenvalue weighted by Crippen LogP contribution is 2.31. The van der Waals surface area contributed by atoms with E-state index in [1.807, 2.05) is 5.38 Å². The van der Waals surface area contributed by atoms with Crippen molar-refractivity contribution in [1.29, 1.82) is 0 Å². The van der Waals surface area contributed by atoms with Crippen LogP contribution in [0, 0.1) is 0 Å². The Kier molecular flexibility index (Phi) is 4.26. The molecule has 7 heteroatoms. The maximum atomic E-state index is 11.9. The van der Waals surface area contributed by atoms with Gasteiger partial charge in [0, 0.05) is 17.6 Å². The molecule has 1 unspecified atom stereocenters. The number of nitrogens with zero attached hydrogens (tertiary/aromatic N) is 1. The number of phenols is 2. The molecule has 3 rings (SSSR count). The summed E-state index contributed by atoms with van der Waals surface area (Å²) >= 11 is 1.43. The molecule has 1 aromatic carbocycles. The lowest BCUT2D eigenvalue weighted by Gasteiger charge is -2.08. The summed E-state index contributed by atoms with van der Waals surface area (Å²) in [5.74, 6) is -0.446. The zero-order valence-electron chi connectivity index (χ0n) is 11.8. The van der Waals surface area contributed by atoms with Crippen molar-refractivity contribution in [2.45, 2.75) is 25.5 Å². The first-order chi connectivity index (χ1) is 10.6. The van der Waals surface area contributed by atoms with Crippen LogP contribution in [-0.4, -0.2) is 33.8 Å². The smallest absolute Gasteiger partial charge is 0.249 e. The Bertz CT molecular complexity index is 680. The molecule has 1 saturated heterocycles. The van der Waals surface area contributed by atoms with E-state index in [1.54, 1.807) is 6.07 Å². The first-order valence-electron chi connectivity index (χ1n) is 6.99. The molecule has 0 radical (unpaired) electrons. The SMILES string of the molecule is O=C(NCc1nc(-c2ccc(O)c(O)c2)cs1)C1CCCO1. The molecule has 0 bridgehead atoms. The zero-order valence-corrected chi connectivity index (χ0v) is 12.6. The summed E-state index contributed by atoms with van der Waals surface area (Å²) in [6, 6.07) is 4.56. The summed E-state index contributed by atoms with van der Waals surface area (Å²) in [5, 5.41) is 24.3. The molecule has 22 heavy (non-hydrogen) atoms. The summed E-state index contributed by atoms with van der Waals surface area (Å²) < 4.78 is 5.32. The van der Waals surface area contributed by atoms with Gasteiger partial charge in [0.15, 0.2) is 11.5 Å². The zero-order chi connectivity index (χ0) is 15.5. The van der Waals surface area contributed by atoms with Crippen molar-refractivity contribution >= 4 is 17.2 Å². The highest BCUT2D eigenvalue weighted by molar-refractivity contribution is 7.09. The van der Waals surface area contributed by atoms with Gasteiger partial charge < -0.3 is 20.3 Å². The van der Waals surface area contributed by atoms with Crippen molar-refractivity contribution < 1.29 is 19.7 Å². The van der Waals surface area contributed by atoms with Gasteiger partial charge in [0.2, 0.25) is 5.91 Å². The largest absolute Gasteiger partial charge is 0.504 e. The Balaban J connectivity index is 1.63. The van der Waals surface area contributed by atoms with Gasteiger partial charge in [-0.25, -0.2) is 4.98 Å². The van der Waals surface area contributed by atoms with Crippen LogP contribution in [0.25, 0.3) is 11.3 Å². The van der Waals surface area contributed by atoms with Crippen LogP contribution in [0.1, 0.15) is 17.8 Å². The number of amides is 1. The maximum absolute atomic E-state index is 11.9. The lowest BCUT2D eigenvalue weighted by molar-refractivity contribution is -0.130. The second-order valence-electron chi connectivity index (χ2n) is 5.05. The van der Waals surface area contributed by atoms with Gasteiger partial charge in [-0.05, 0) is 31.0 Å². The van der Waals surface area contributed by atoms with Gasteiger partial charge in [0.25, 0.3) is 0 Å². The van der Waals surface area contributed by atoms with Gasteiger partial charge >= 0.3 is 0 Å². The molecule has 1 aliphatic rings. The van der Waals surface area contributed by atoms with Crippen LogP contribution in [-0.2, 0) is 16.1 Å². The molecule has 3 N–H and O–H groups in total. The average molecular weight is 320 g/mol. The van der Waals surface area contributed by atoms with Crippen molar-refractivity contribution in [2.24, 2.45) is 0 Å². The van der Waals surface area contributed by atoms with E-state index in [0.717, 1.165) is 17.8 Å². The summed E-state index contributed by atoms with van der Waals surface area (Å²) in [6.07, 6.45) is 1.35. The molecular formula is C15H16N2O4S. The molecule has 0 aliphatic carbocycles. The number of nitrogens with one attached hydrogen (secondary N) is 1. The fourth-order valence-corrected chi connectivity index (χ4v) is 3.01. The minimum Gasteiger partial charge on any atom is -0.504 e. The van der Waals surface area contributed by atoms with Crippen LogP contribution < -0.4 is 5.32 Å². The highest BCUT2D eigenvalue weighted by Gasteiger charge is 2.23. The standard InChI is InChI=1S/C15H16N2O4S/c18-11-4-3-9(6-12(11)19)10-8-22-14(17-10)7-16-15(20)13-2-1-5-21-13/h3-4,6,8,13,18-19H,1-2,5,7H2,(H,16,20). The molecule has 2 heterocycles. The van der Waals surface area contributed by atoms with E-state index >= 15 is 0 Å². The Morgan fingerprint density at radius 2 is 2.27 bits per heavy atom. The number of aromatic hydroxyl groups is 2. The topological polar surface area (TPSA) is 91.7 Å². The highest BCUT2D eigenvalue weighted by atomic mass is 32.1. The number of phenolic OH excluding ortho intramolecular Hbond substituents is 2. The fraction of sp³-hybridized carbons (Fsp3) is 0.333. The molecule has 1 aliphatic heterocycles. The number of hydrogen-bond acceptors (Lipinski definition) is 6. The molecule has 1 aromatic heterocycles. The van der Waals surface area contributed by atoms with Crippen molar-refractivity contribution in [3.63, 3.8) is 0 Å². The average Bonchev–Trinajstić information content (AvgIpc) is 3.19. The van der Waals surface area contributed by atoms with Crippen molar-refractivity contribution in [1.82, 2.24) is 10.3 Å². The van der Waals surface area contributed by atoms with Gasteiger partial charge in [-0.15, -0.1) is 11.3 Å². The van der Waals surface area contributed by atoms with Crippen LogP contribution in [0.2, 0.25) is 0 Å². The van der Waals surface area contributed by atoms with Gasteiger partial charge in [-0.2, -0.15) is 0 Å². The van der Waals surface area contributed by atoms with Gasteiger partial charge in [0.05, 0.1) is 12.2 Å². The fourth-order valence-electron chi connectivity index (χ4n) is 2.27. The number of carbonyl (C=O) groups excluding carboxylic acids is 1. The number of carbonyl (C=O) groups is 1. The molecule has 0 spiro atoms. The number of hydrogen-bond donors (Lipinski definition) is 3. The summed E-state index contributed by atoms with van der Waals surface area (Å²) in [7, 11) is 0. The quantitative estimate of drug-likeness (QED) is 0.750. The molecule has 0 saturated carbocycles. The Morgan fingerprint density at radius 3 is 3.00 bits per heavy atom. The predicted octanol–water partition coefficient (Wildman–Crippen LogP) is 2.02. The number of aromatic nitrogens is 1. The normalized spacial score (nSPS) is 17.5. The minimum atomic E-state index is -0.339. The second-order valence-corrected chi connectivity index (χ2v) is 5.99. The number of ether oxygens (including phenoxy) is 1. The van der Waals surface area contributed by atoms with Crippen LogP contribution in [0.4, 0.5) is 0 Å². The first-order valence-corrected chi connectivity index (χ1v) is 7.87. The van der Waals surface area contributed by atoms with E-state index in [-0.39, 0.29) is 23.5 Å². The third-order valence-electron chi connectivity index (χ3n) is 3.46. The molecular weight excluding hydrogens is 304 g/mol. The van der Waals surface area contributed by atoms with E-state index in [9.17, 15) is 15.0 Å². The second kappa shape index (κ2) is 6.33. The Morgan fingerprint density at radius 1 is 1.41 bits per heavy atom. The molecule has 1 fully saturated rings. The van der Waals surface area contributed by atoms with Gasteiger partial charge in [0.1, 0.15) is 11.1 Å². The van der Waals surface area contributed by atoms with Crippen molar-refractivity contribution in [2.75, 3.05) is 6.61 Å². The van der Waals surface area contributed by atoms with Crippen LogP contribution >= 0.6 is 11.3 Å². The molecule has 2 aromatic rings. The third-order valence-corrected chi connectivity index (χ3v) is 4.31. The predicted molar refractivity (Wildman–Crippen MR) is 81.7 cm³/mol. The van der Waals surface area contributed by atoms with E-state index in [4.69, 9.17) is 4.74 Å². The first kappa shape index (κ1) is 14.8. The van der Waals surface area contributed by atoms with E-state index in [2.05, 4.69) is 10.3 Å². The van der Waals surface area contributed by atoms with E-state index in [1.165, 1.54) is 23.5 Å². The number of rotatable bonds is 4. The van der Waals surface area contributed by atoms with Crippen molar-refractivity contribution in [3.8, 4) is 22.8 Å². The number of thiazole rings is 1. The van der Waals surface area contributed by atoms with Crippen LogP contribution in [0.15, 0.2) is 23.6 Å². The minimum absolute atomic E-state index is 0.100. The van der Waals surface area contributed by atoms with Crippen LogP contribution in [0.3, 0.4) is 0 Å². The van der Waals surface area contributed by atoms with Gasteiger partial charge in [-0.3, -0.25) is 4.79 Å². The molecule has 1 atom stereocenters. The third kappa shape index (κ3) is 3.20. The monoisotopic (exact) mass is 320 g/mol. The van der Waals surface area contributed by atoms with Crippen molar-refractivity contribution in [3.05, 3.63) is 28.6 Å². The maximum Gasteiger partial charge on any atom is 0.249 e. The van der Waals surface area contributed by atoms with E-state index < -0.39 is 0 Å². The molecule has 1 amide bonds. The summed E-state index contributed by atoms with van der Waals surface area (Å²) in [5.41, 5.74) is 1.41. The number of benzene rings is 1. The lowest BCUT2D eigenvalue weighted by atomic mass is 10.1. The van der Waals surface area contributed by atoms with E-state index in [0.29, 0.717) is 24.4 Å². The molecule has 116 valence electrons. The summed E-state index contributed by atoms with van der Waals surface area (Å²) in [4.78, 5) is 16.3. The summed E-state index contributed by atoms with van der Waals surface area (Å²) in [6.45, 7) is 0.997.